The Morgan fingerprint density at radius 1 is 1.53 bits per heavy atom. The Labute approximate surface area is 125 Å². The van der Waals surface area contributed by atoms with E-state index in [0.717, 1.165) is 25.1 Å². The monoisotopic (exact) mass is 302 g/mol. The number of benzene rings is 1. The summed E-state index contributed by atoms with van der Waals surface area (Å²) in [4.78, 5) is 14.1. The van der Waals surface area contributed by atoms with Crippen molar-refractivity contribution in [3.8, 4) is 0 Å². The number of hydrogen-bond acceptors (Lipinski definition) is 2. The molecule has 1 amide bonds. The summed E-state index contributed by atoms with van der Waals surface area (Å²) in [6.45, 7) is 3.63. The molecule has 3 nitrogen and oxygen atoms in total. The number of piperidine rings is 1. The van der Waals surface area contributed by atoms with Crippen molar-refractivity contribution in [2.24, 2.45) is 11.7 Å². The third-order valence-electron chi connectivity index (χ3n) is 3.57. The number of carbonyl (C=O) groups is 1. The molecule has 1 heterocycles. The van der Waals surface area contributed by atoms with Gasteiger partial charge in [0, 0.05) is 24.2 Å². The number of amides is 1. The van der Waals surface area contributed by atoms with Crippen molar-refractivity contribution < 1.29 is 4.79 Å². The van der Waals surface area contributed by atoms with Crippen LogP contribution in [0, 0.1) is 5.92 Å². The van der Waals surface area contributed by atoms with Gasteiger partial charge >= 0.3 is 0 Å². The molecule has 2 N–H and O–H groups in total. The first-order valence-electron chi connectivity index (χ1n) is 6.34. The van der Waals surface area contributed by atoms with Gasteiger partial charge in [-0.2, -0.15) is 0 Å². The molecule has 2 rings (SSSR count). The van der Waals surface area contributed by atoms with Crippen LogP contribution in [-0.4, -0.2) is 29.9 Å². The SMILES string of the molecule is CC1CN(C(=O)Cc2cccc(Cl)c2)CCC1N.Cl. The van der Waals surface area contributed by atoms with E-state index in [-0.39, 0.29) is 24.4 Å². The van der Waals surface area contributed by atoms with E-state index in [4.69, 9.17) is 17.3 Å². The Morgan fingerprint density at radius 2 is 2.26 bits per heavy atom. The van der Waals surface area contributed by atoms with Gasteiger partial charge in [-0.25, -0.2) is 0 Å². The van der Waals surface area contributed by atoms with Crippen molar-refractivity contribution in [2.45, 2.75) is 25.8 Å². The summed E-state index contributed by atoms with van der Waals surface area (Å²) in [6, 6.07) is 7.69. The van der Waals surface area contributed by atoms with Crippen LogP contribution in [0.4, 0.5) is 0 Å². The summed E-state index contributed by atoms with van der Waals surface area (Å²) >= 11 is 5.91. The largest absolute Gasteiger partial charge is 0.342 e. The molecular formula is C14H20Cl2N2O. The lowest BCUT2D eigenvalue weighted by Gasteiger charge is -2.35. The second-order valence-electron chi connectivity index (χ2n) is 5.08. The van der Waals surface area contributed by atoms with Crippen LogP contribution in [0.3, 0.4) is 0 Å². The van der Waals surface area contributed by atoms with Crippen LogP contribution < -0.4 is 5.73 Å². The molecule has 19 heavy (non-hydrogen) atoms. The maximum absolute atomic E-state index is 12.2. The van der Waals surface area contributed by atoms with Crippen molar-refractivity contribution in [1.29, 1.82) is 0 Å². The van der Waals surface area contributed by atoms with E-state index in [1.165, 1.54) is 0 Å². The minimum atomic E-state index is 0. The Morgan fingerprint density at radius 3 is 2.89 bits per heavy atom. The van der Waals surface area contributed by atoms with Crippen LogP contribution in [0.2, 0.25) is 5.02 Å². The fourth-order valence-electron chi connectivity index (χ4n) is 2.32. The Bertz CT molecular complexity index is 439. The van der Waals surface area contributed by atoms with Gasteiger partial charge in [0.05, 0.1) is 6.42 Å². The predicted molar refractivity (Wildman–Crippen MR) is 80.7 cm³/mol. The van der Waals surface area contributed by atoms with Gasteiger partial charge in [-0.05, 0) is 30.0 Å². The average Bonchev–Trinajstić information content (AvgIpc) is 2.32. The van der Waals surface area contributed by atoms with E-state index in [0.29, 0.717) is 17.4 Å². The van der Waals surface area contributed by atoms with Crippen LogP contribution in [0.15, 0.2) is 24.3 Å². The van der Waals surface area contributed by atoms with Gasteiger partial charge in [0.2, 0.25) is 5.91 Å². The van der Waals surface area contributed by atoms with Crippen molar-refractivity contribution in [2.75, 3.05) is 13.1 Å². The van der Waals surface area contributed by atoms with Crippen molar-refractivity contribution >= 4 is 29.9 Å². The molecule has 0 radical (unpaired) electrons. The Hall–Kier alpha value is -0.770. The van der Waals surface area contributed by atoms with Gasteiger partial charge < -0.3 is 10.6 Å². The number of rotatable bonds is 2. The minimum absolute atomic E-state index is 0. The number of hydrogen-bond donors (Lipinski definition) is 1. The Kier molecular flexibility index (Phi) is 6.11. The van der Waals surface area contributed by atoms with Crippen LogP contribution in [-0.2, 0) is 11.2 Å². The smallest absolute Gasteiger partial charge is 0.227 e. The molecule has 0 spiro atoms. The summed E-state index contributed by atoms with van der Waals surface area (Å²) in [6.07, 6.45) is 1.31. The van der Waals surface area contributed by atoms with E-state index >= 15 is 0 Å². The third kappa shape index (κ3) is 4.37. The van der Waals surface area contributed by atoms with E-state index in [2.05, 4.69) is 6.92 Å². The second kappa shape index (κ2) is 7.13. The van der Waals surface area contributed by atoms with Gasteiger partial charge in [0.25, 0.3) is 0 Å². The average molecular weight is 303 g/mol. The van der Waals surface area contributed by atoms with Gasteiger partial charge in [-0.1, -0.05) is 30.7 Å². The van der Waals surface area contributed by atoms with Gasteiger partial charge in [-0.15, -0.1) is 12.4 Å². The molecule has 1 aliphatic heterocycles. The fraction of sp³-hybridized carbons (Fsp3) is 0.500. The molecule has 0 bridgehead atoms. The molecule has 1 saturated heterocycles. The lowest BCUT2D eigenvalue weighted by molar-refractivity contribution is -0.132. The van der Waals surface area contributed by atoms with Gasteiger partial charge in [0.1, 0.15) is 0 Å². The molecule has 0 aliphatic carbocycles. The predicted octanol–water partition coefficient (Wildman–Crippen LogP) is 2.50. The summed E-state index contributed by atoms with van der Waals surface area (Å²) < 4.78 is 0. The summed E-state index contributed by atoms with van der Waals surface area (Å²) in [5.41, 5.74) is 6.93. The highest BCUT2D eigenvalue weighted by Gasteiger charge is 2.26. The van der Waals surface area contributed by atoms with Crippen LogP contribution in [0.1, 0.15) is 18.9 Å². The second-order valence-corrected chi connectivity index (χ2v) is 5.51. The normalized spacial score (nSPS) is 22.8. The quantitative estimate of drug-likeness (QED) is 0.912. The van der Waals surface area contributed by atoms with E-state index in [1.807, 2.05) is 29.2 Å². The molecule has 2 unspecified atom stereocenters. The van der Waals surface area contributed by atoms with Crippen molar-refractivity contribution in [1.82, 2.24) is 4.90 Å². The van der Waals surface area contributed by atoms with Crippen molar-refractivity contribution in [3.63, 3.8) is 0 Å². The zero-order valence-electron chi connectivity index (χ0n) is 11.0. The van der Waals surface area contributed by atoms with Crippen LogP contribution in [0.5, 0.6) is 0 Å². The number of likely N-dealkylation sites (tertiary alicyclic amines) is 1. The molecule has 1 aliphatic rings. The number of carbonyl (C=O) groups excluding carboxylic acids is 1. The zero-order chi connectivity index (χ0) is 13.1. The first-order chi connectivity index (χ1) is 8.56. The lowest BCUT2D eigenvalue weighted by Crippen LogP contribution is -2.48. The number of nitrogens with two attached hydrogens (primary N) is 1. The highest BCUT2D eigenvalue weighted by Crippen LogP contribution is 2.17. The maximum Gasteiger partial charge on any atom is 0.227 e. The highest BCUT2D eigenvalue weighted by molar-refractivity contribution is 6.30. The molecule has 1 aromatic carbocycles. The molecular weight excluding hydrogens is 283 g/mol. The summed E-state index contributed by atoms with van der Waals surface area (Å²) in [5, 5.41) is 0.675. The van der Waals surface area contributed by atoms with E-state index < -0.39 is 0 Å². The standard InChI is InChI=1S/C14H19ClN2O.ClH/c1-10-9-17(6-5-13(10)16)14(18)8-11-3-2-4-12(15)7-11;/h2-4,7,10,13H,5-6,8-9,16H2,1H3;1H. The Balaban J connectivity index is 0.00000180. The zero-order valence-corrected chi connectivity index (χ0v) is 12.6. The molecule has 1 aromatic rings. The lowest BCUT2D eigenvalue weighted by atomic mass is 9.94. The van der Waals surface area contributed by atoms with Crippen LogP contribution >= 0.6 is 24.0 Å². The highest BCUT2D eigenvalue weighted by atomic mass is 35.5. The van der Waals surface area contributed by atoms with Crippen LogP contribution in [0.25, 0.3) is 0 Å². The van der Waals surface area contributed by atoms with Gasteiger partial charge in [0.15, 0.2) is 0 Å². The van der Waals surface area contributed by atoms with E-state index in [1.54, 1.807) is 0 Å². The molecule has 0 saturated carbocycles. The molecule has 2 atom stereocenters. The topological polar surface area (TPSA) is 46.3 Å². The van der Waals surface area contributed by atoms with Crippen molar-refractivity contribution in [3.05, 3.63) is 34.9 Å². The number of halogens is 2. The van der Waals surface area contributed by atoms with Gasteiger partial charge in [-0.3, -0.25) is 4.79 Å². The maximum atomic E-state index is 12.2. The first kappa shape index (κ1) is 16.3. The first-order valence-corrected chi connectivity index (χ1v) is 6.72. The fourth-order valence-corrected chi connectivity index (χ4v) is 2.54. The molecule has 5 heteroatoms. The minimum Gasteiger partial charge on any atom is -0.342 e. The molecule has 0 aromatic heterocycles. The molecule has 106 valence electrons. The third-order valence-corrected chi connectivity index (χ3v) is 3.80. The summed E-state index contributed by atoms with van der Waals surface area (Å²) in [7, 11) is 0. The molecule has 1 fully saturated rings. The number of nitrogens with zero attached hydrogens (tertiary/aromatic N) is 1. The summed E-state index contributed by atoms with van der Waals surface area (Å²) in [5.74, 6) is 0.540. The van der Waals surface area contributed by atoms with E-state index in [9.17, 15) is 4.79 Å².